The van der Waals surface area contributed by atoms with E-state index in [2.05, 4.69) is 5.32 Å². The molecule has 1 aliphatic rings. The number of nitro benzene ring substituents is 2. The normalized spacial score (nSPS) is 17.4. The molecule has 1 aliphatic heterocycles. The van der Waals surface area contributed by atoms with Crippen molar-refractivity contribution in [2.24, 2.45) is 0 Å². The lowest BCUT2D eigenvalue weighted by molar-refractivity contribution is -0.394. The third kappa shape index (κ3) is 3.73. The molecule has 1 aromatic rings. The third-order valence-corrected chi connectivity index (χ3v) is 3.78. The molecular formula is C13H17N3O5. The van der Waals surface area contributed by atoms with E-state index in [4.69, 9.17) is 4.74 Å². The Bertz CT molecular complexity index is 555. The monoisotopic (exact) mass is 295 g/mol. The molecule has 0 radical (unpaired) electrons. The van der Waals surface area contributed by atoms with Crippen molar-refractivity contribution in [3.63, 3.8) is 0 Å². The molecule has 0 bridgehead atoms. The van der Waals surface area contributed by atoms with E-state index in [0.717, 1.165) is 18.9 Å². The summed E-state index contributed by atoms with van der Waals surface area (Å²) >= 11 is 0. The van der Waals surface area contributed by atoms with Gasteiger partial charge in [0.2, 0.25) is 0 Å². The van der Waals surface area contributed by atoms with Crippen LogP contribution >= 0.6 is 0 Å². The maximum atomic E-state index is 11.1. The van der Waals surface area contributed by atoms with E-state index in [-0.39, 0.29) is 16.9 Å². The molecular weight excluding hydrogens is 278 g/mol. The lowest BCUT2D eigenvalue weighted by atomic mass is 9.92. The van der Waals surface area contributed by atoms with Crippen LogP contribution in [0.15, 0.2) is 18.2 Å². The van der Waals surface area contributed by atoms with Gasteiger partial charge in [0, 0.05) is 36.9 Å². The number of hydrogen-bond acceptors (Lipinski definition) is 6. The third-order valence-electron chi connectivity index (χ3n) is 3.78. The quantitative estimate of drug-likeness (QED) is 0.658. The standard InChI is InChI=1S/C13H17N3O5/c1-13(4-6-21-7-5-13)14-9-10-2-3-11(15(17)18)8-12(10)16(19)20/h2-3,8,14H,4-7,9H2,1H3. The fourth-order valence-electron chi connectivity index (χ4n) is 2.29. The maximum absolute atomic E-state index is 11.1. The summed E-state index contributed by atoms with van der Waals surface area (Å²) in [6.07, 6.45) is 1.65. The Morgan fingerprint density at radius 2 is 1.90 bits per heavy atom. The van der Waals surface area contributed by atoms with Crippen LogP contribution in [0.5, 0.6) is 0 Å². The predicted octanol–water partition coefficient (Wildman–Crippen LogP) is 2.16. The number of nitrogens with one attached hydrogen (secondary N) is 1. The molecule has 0 atom stereocenters. The molecule has 8 nitrogen and oxygen atoms in total. The number of non-ortho nitro benzene ring substituents is 1. The summed E-state index contributed by atoms with van der Waals surface area (Å²) in [5.41, 5.74) is -0.193. The van der Waals surface area contributed by atoms with Gasteiger partial charge in [-0.1, -0.05) is 0 Å². The highest BCUT2D eigenvalue weighted by atomic mass is 16.6. The summed E-state index contributed by atoms with van der Waals surface area (Å²) in [6, 6.07) is 3.73. The lowest BCUT2D eigenvalue weighted by Gasteiger charge is -2.34. The molecule has 114 valence electrons. The van der Waals surface area contributed by atoms with Crippen molar-refractivity contribution >= 4 is 11.4 Å². The number of ether oxygens (including phenoxy) is 1. The van der Waals surface area contributed by atoms with Crippen LogP contribution in [0.4, 0.5) is 11.4 Å². The molecule has 1 aromatic carbocycles. The van der Waals surface area contributed by atoms with E-state index >= 15 is 0 Å². The predicted molar refractivity (Wildman–Crippen MR) is 75.0 cm³/mol. The summed E-state index contributed by atoms with van der Waals surface area (Å²) in [5.74, 6) is 0. The molecule has 1 N–H and O–H groups in total. The summed E-state index contributed by atoms with van der Waals surface area (Å²) in [7, 11) is 0. The number of benzene rings is 1. The highest BCUT2D eigenvalue weighted by molar-refractivity contribution is 5.49. The minimum absolute atomic E-state index is 0.131. The fourth-order valence-corrected chi connectivity index (χ4v) is 2.29. The number of nitro groups is 2. The molecule has 0 amide bonds. The summed E-state index contributed by atoms with van der Waals surface area (Å²) in [4.78, 5) is 20.5. The Kier molecular flexibility index (Phi) is 4.49. The van der Waals surface area contributed by atoms with Gasteiger partial charge in [-0.25, -0.2) is 0 Å². The molecule has 0 aliphatic carbocycles. The first kappa shape index (κ1) is 15.3. The van der Waals surface area contributed by atoms with Crippen LogP contribution in [-0.4, -0.2) is 28.6 Å². The van der Waals surface area contributed by atoms with Gasteiger partial charge in [0.05, 0.1) is 15.9 Å². The molecule has 1 heterocycles. The molecule has 0 spiro atoms. The van der Waals surface area contributed by atoms with E-state index < -0.39 is 9.85 Å². The Morgan fingerprint density at radius 3 is 2.48 bits per heavy atom. The van der Waals surface area contributed by atoms with Crippen LogP contribution < -0.4 is 5.32 Å². The summed E-state index contributed by atoms with van der Waals surface area (Å²) in [6.45, 7) is 3.66. The second kappa shape index (κ2) is 6.15. The van der Waals surface area contributed by atoms with Gasteiger partial charge in [0.1, 0.15) is 0 Å². The Balaban J connectivity index is 2.15. The molecule has 1 saturated heterocycles. The van der Waals surface area contributed by atoms with Crippen LogP contribution in [0, 0.1) is 20.2 Å². The SMILES string of the molecule is CC1(NCc2ccc([N+](=O)[O-])cc2[N+](=O)[O-])CCOCC1. The van der Waals surface area contributed by atoms with Gasteiger partial charge in [0.25, 0.3) is 11.4 Å². The average molecular weight is 295 g/mol. The van der Waals surface area contributed by atoms with Crippen molar-refractivity contribution in [2.75, 3.05) is 13.2 Å². The van der Waals surface area contributed by atoms with Crippen LogP contribution in [0.25, 0.3) is 0 Å². The molecule has 0 unspecified atom stereocenters. The van der Waals surface area contributed by atoms with Crippen molar-refractivity contribution in [3.8, 4) is 0 Å². The number of rotatable bonds is 5. The van der Waals surface area contributed by atoms with Gasteiger partial charge < -0.3 is 10.1 Å². The van der Waals surface area contributed by atoms with Crippen molar-refractivity contribution in [2.45, 2.75) is 31.8 Å². The molecule has 0 saturated carbocycles. The second-order valence-corrected chi connectivity index (χ2v) is 5.35. The van der Waals surface area contributed by atoms with Gasteiger partial charge in [0.15, 0.2) is 0 Å². The molecule has 1 fully saturated rings. The van der Waals surface area contributed by atoms with Gasteiger partial charge >= 0.3 is 0 Å². The largest absolute Gasteiger partial charge is 0.381 e. The van der Waals surface area contributed by atoms with Crippen molar-refractivity contribution in [1.29, 1.82) is 0 Å². The summed E-state index contributed by atoms with van der Waals surface area (Å²) in [5, 5.41) is 25.1. The fraction of sp³-hybridized carbons (Fsp3) is 0.538. The first-order valence-corrected chi connectivity index (χ1v) is 6.66. The van der Waals surface area contributed by atoms with Crippen molar-refractivity contribution in [3.05, 3.63) is 44.0 Å². The highest BCUT2D eigenvalue weighted by Gasteiger charge is 2.28. The van der Waals surface area contributed by atoms with Crippen LogP contribution in [0.3, 0.4) is 0 Å². The Morgan fingerprint density at radius 1 is 1.24 bits per heavy atom. The summed E-state index contributed by atoms with van der Waals surface area (Å²) < 4.78 is 5.30. The van der Waals surface area contributed by atoms with E-state index in [1.54, 1.807) is 0 Å². The maximum Gasteiger partial charge on any atom is 0.280 e. The second-order valence-electron chi connectivity index (χ2n) is 5.35. The molecule has 8 heteroatoms. The lowest BCUT2D eigenvalue weighted by Crippen LogP contribution is -2.46. The highest BCUT2D eigenvalue weighted by Crippen LogP contribution is 2.26. The van der Waals surface area contributed by atoms with E-state index in [1.807, 2.05) is 6.92 Å². The van der Waals surface area contributed by atoms with Crippen molar-refractivity contribution in [1.82, 2.24) is 5.32 Å². The topological polar surface area (TPSA) is 108 Å². The Hall–Kier alpha value is -2.06. The first-order valence-electron chi connectivity index (χ1n) is 6.66. The van der Waals surface area contributed by atoms with Gasteiger partial charge in [-0.05, 0) is 25.8 Å². The van der Waals surface area contributed by atoms with Crippen molar-refractivity contribution < 1.29 is 14.6 Å². The minimum Gasteiger partial charge on any atom is -0.381 e. The smallest absolute Gasteiger partial charge is 0.280 e. The zero-order chi connectivity index (χ0) is 15.5. The van der Waals surface area contributed by atoms with Crippen LogP contribution in [0.1, 0.15) is 25.3 Å². The zero-order valence-corrected chi connectivity index (χ0v) is 11.7. The van der Waals surface area contributed by atoms with Crippen LogP contribution in [0.2, 0.25) is 0 Å². The average Bonchev–Trinajstić information content (AvgIpc) is 2.45. The van der Waals surface area contributed by atoms with E-state index in [0.29, 0.717) is 25.3 Å². The number of hydrogen-bond donors (Lipinski definition) is 1. The molecule has 2 rings (SSSR count). The van der Waals surface area contributed by atoms with Gasteiger partial charge in [-0.15, -0.1) is 0 Å². The minimum atomic E-state index is -0.635. The molecule has 0 aromatic heterocycles. The number of nitrogens with zero attached hydrogens (tertiary/aromatic N) is 2. The zero-order valence-electron chi connectivity index (χ0n) is 11.7. The van der Waals surface area contributed by atoms with Gasteiger partial charge in [-0.3, -0.25) is 20.2 Å². The van der Waals surface area contributed by atoms with Gasteiger partial charge in [-0.2, -0.15) is 0 Å². The Labute approximate surface area is 121 Å². The first-order chi connectivity index (χ1) is 9.91. The van der Waals surface area contributed by atoms with E-state index in [9.17, 15) is 20.2 Å². The molecule has 21 heavy (non-hydrogen) atoms. The van der Waals surface area contributed by atoms with E-state index in [1.165, 1.54) is 12.1 Å². The van der Waals surface area contributed by atoms with Crippen LogP contribution in [-0.2, 0) is 11.3 Å².